The number of hydrogen-bond donors (Lipinski definition) is 0. The Morgan fingerprint density at radius 1 is 0.237 bits per heavy atom. The van der Waals surface area contributed by atoms with Gasteiger partial charge >= 0.3 is 0 Å². The topological polar surface area (TPSA) is 43.6 Å². The highest BCUT2D eigenvalue weighted by Crippen LogP contribution is 2.37. The van der Waals surface area contributed by atoms with Crippen LogP contribution in [0.25, 0.3) is 117 Å². The van der Waals surface area contributed by atoms with E-state index in [2.05, 4.69) is 296 Å². The van der Waals surface area contributed by atoms with E-state index >= 15 is 0 Å². The van der Waals surface area contributed by atoms with Crippen LogP contribution in [0.15, 0.2) is 303 Å². The highest BCUT2D eigenvalue weighted by atomic mass is 28.3. The van der Waals surface area contributed by atoms with Crippen LogP contribution in [0.3, 0.4) is 0 Å². The second-order valence-corrected chi connectivity index (χ2v) is 24.4. The van der Waals surface area contributed by atoms with Gasteiger partial charge in [-0.1, -0.05) is 273 Å². The fraction of sp³-hybridized carbons (Fsp3) is 0. The van der Waals surface area contributed by atoms with Crippen molar-refractivity contribution in [3.8, 4) is 95.5 Å². The van der Waals surface area contributed by atoms with Crippen LogP contribution in [0.1, 0.15) is 0 Å². The quantitative estimate of drug-likeness (QED) is 0.128. The van der Waals surface area contributed by atoms with E-state index in [1.165, 1.54) is 75.9 Å². The number of hydrogen-bond acceptors (Lipinski definition) is 3. The third-order valence-corrected chi connectivity index (χ3v) is 21.1. The summed E-state index contributed by atoms with van der Waals surface area (Å²) in [4.78, 5) is 15.7. The molecule has 0 spiro atoms. The Kier molecular flexibility index (Phi) is 11.5. The lowest BCUT2D eigenvalue weighted by atomic mass is 9.99. The van der Waals surface area contributed by atoms with Crippen LogP contribution >= 0.6 is 0 Å². The second-order valence-electron chi connectivity index (χ2n) is 20.7. The fourth-order valence-electron chi connectivity index (χ4n) is 12.3. The van der Waals surface area contributed by atoms with Gasteiger partial charge in [0.1, 0.15) is 0 Å². The zero-order valence-electron chi connectivity index (χ0n) is 43.7. The largest absolute Gasteiger partial charge is 0.309 e. The first-order valence-electron chi connectivity index (χ1n) is 27.3. The summed E-state index contributed by atoms with van der Waals surface area (Å²) in [5.41, 5.74) is 18.3. The predicted octanol–water partition coefficient (Wildman–Crippen LogP) is 16.0. The lowest BCUT2D eigenvalue weighted by Crippen LogP contribution is -2.72. The molecule has 15 rings (SSSR count). The number of fused-ring (bicyclic) bond motifs is 6. The number of nitrogens with zero attached hydrogens (tertiary/aromatic N) is 4. The SMILES string of the molecule is c1ccc(-c2ccc(-c3nc(-c4ccc(-c5ccccc5)cc4)nc(-c4ccc([Si]5(c6ccc7c(c6)c6ccccc6n7-c6ccc(-c7ccccc7)cc6)c6ccccc6-c6cc(-c7ccccc7)ccc65)cc4)n3)cc2)cc1. The Balaban J connectivity index is 0.898. The Morgan fingerprint density at radius 2 is 0.613 bits per heavy atom. The van der Waals surface area contributed by atoms with Gasteiger partial charge in [0, 0.05) is 33.2 Å². The molecule has 1 unspecified atom stereocenters. The van der Waals surface area contributed by atoms with Crippen LogP contribution in [-0.2, 0) is 0 Å². The molecular formula is C75H50N4Si. The molecule has 0 radical (unpaired) electrons. The van der Waals surface area contributed by atoms with Gasteiger partial charge in [0.2, 0.25) is 0 Å². The zero-order chi connectivity index (χ0) is 53.0. The van der Waals surface area contributed by atoms with E-state index < -0.39 is 8.07 Å². The van der Waals surface area contributed by atoms with Crippen molar-refractivity contribution < 1.29 is 0 Å². The standard InChI is InChI=1S/C75H50N4Si/c1-5-17-51(18-6-1)55-29-33-58(34-30-55)73-76-74(59-35-31-56(32-36-59)52-19-7-2-8-20-52)78-75(77-73)60-39-44-63(45-40-60)80(71-28-16-14-26-66(71)68-49-61(41-48-72(68)80)54-23-11-4-12-24-54)64-46-47-70-67(50-64)65-25-13-15-27-69(65)79(70)62-42-37-57(38-43-62)53-21-9-3-10-22-53/h1-50H. The molecule has 0 saturated heterocycles. The number of para-hydroxylation sites is 1. The molecule has 2 aromatic heterocycles. The van der Waals surface area contributed by atoms with E-state index in [0.717, 1.165) is 44.6 Å². The Labute approximate surface area is 466 Å². The summed E-state index contributed by atoms with van der Waals surface area (Å²) < 4.78 is 2.43. The second kappa shape index (κ2) is 19.6. The molecule has 3 heterocycles. The van der Waals surface area contributed by atoms with Crippen molar-refractivity contribution in [3.05, 3.63) is 303 Å². The van der Waals surface area contributed by atoms with Gasteiger partial charge < -0.3 is 4.57 Å². The fourth-order valence-corrected chi connectivity index (χ4v) is 17.5. The van der Waals surface area contributed by atoms with E-state index in [0.29, 0.717) is 17.5 Å². The molecule has 0 aliphatic carbocycles. The minimum atomic E-state index is -3.05. The van der Waals surface area contributed by atoms with E-state index in [1.54, 1.807) is 0 Å². The zero-order valence-corrected chi connectivity index (χ0v) is 44.7. The normalized spacial score (nSPS) is 13.6. The van der Waals surface area contributed by atoms with Crippen molar-refractivity contribution in [2.75, 3.05) is 0 Å². The van der Waals surface area contributed by atoms with Crippen molar-refractivity contribution in [3.63, 3.8) is 0 Å². The van der Waals surface area contributed by atoms with Gasteiger partial charge in [-0.3, -0.25) is 0 Å². The van der Waals surface area contributed by atoms with Gasteiger partial charge in [-0.2, -0.15) is 0 Å². The summed E-state index contributed by atoms with van der Waals surface area (Å²) in [5, 5.41) is 7.86. The summed E-state index contributed by atoms with van der Waals surface area (Å²) in [6.45, 7) is 0. The molecule has 5 heteroatoms. The number of aromatic nitrogens is 4. The maximum atomic E-state index is 5.28. The number of benzene rings is 12. The van der Waals surface area contributed by atoms with Gasteiger partial charge in [-0.05, 0) is 107 Å². The molecule has 1 aliphatic heterocycles. The minimum Gasteiger partial charge on any atom is -0.309 e. The molecule has 0 amide bonds. The van der Waals surface area contributed by atoms with Crippen molar-refractivity contribution >= 4 is 50.6 Å². The monoisotopic (exact) mass is 1030 g/mol. The third kappa shape index (κ3) is 8.02. The van der Waals surface area contributed by atoms with Crippen LogP contribution in [0, 0.1) is 0 Å². The lowest BCUT2D eigenvalue weighted by Gasteiger charge is -2.31. The van der Waals surface area contributed by atoms with Crippen LogP contribution in [0.4, 0.5) is 0 Å². The first-order valence-corrected chi connectivity index (χ1v) is 29.3. The van der Waals surface area contributed by atoms with E-state index in [9.17, 15) is 0 Å². The molecule has 4 nitrogen and oxygen atoms in total. The van der Waals surface area contributed by atoms with Crippen molar-refractivity contribution in [2.24, 2.45) is 0 Å². The summed E-state index contributed by atoms with van der Waals surface area (Å²) in [6, 6.07) is 110. The molecule has 0 N–H and O–H groups in total. The molecular weight excluding hydrogens is 985 g/mol. The molecule has 0 saturated carbocycles. The highest BCUT2D eigenvalue weighted by Gasteiger charge is 2.49. The smallest absolute Gasteiger partial charge is 0.180 e. The predicted molar refractivity (Wildman–Crippen MR) is 335 cm³/mol. The van der Waals surface area contributed by atoms with Crippen molar-refractivity contribution in [1.82, 2.24) is 19.5 Å². The van der Waals surface area contributed by atoms with Gasteiger partial charge in [0.15, 0.2) is 25.5 Å². The molecule has 12 aromatic carbocycles. The average molecular weight is 1040 g/mol. The molecule has 1 aliphatic rings. The summed E-state index contributed by atoms with van der Waals surface area (Å²) in [5.74, 6) is 1.87. The average Bonchev–Trinajstić information content (AvgIpc) is 4.25. The lowest BCUT2D eigenvalue weighted by molar-refractivity contribution is 1.07. The maximum absolute atomic E-state index is 5.28. The van der Waals surface area contributed by atoms with Crippen molar-refractivity contribution in [2.45, 2.75) is 0 Å². The molecule has 1 atom stereocenters. The van der Waals surface area contributed by atoms with E-state index in [-0.39, 0.29) is 0 Å². The Morgan fingerprint density at radius 3 is 1.15 bits per heavy atom. The van der Waals surface area contributed by atoms with Crippen LogP contribution in [-0.4, -0.2) is 27.6 Å². The van der Waals surface area contributed by atoms with Crippen LogP contribution in [0.2, 0.25) is 0 Å². The molecule has 0 bridgehead atoms. The van der Waals surface area contributed by atoms with Crippen LogP contribution < -0.4 is 20.7 Å². The Bertz CT molecular complexity index is 4480. The first-order chi connectivity index (χ1) is 39.6. The molecule has 80 heavy (non-hydrogen) atoms. The Hall–Kier alpha value is -10.3. The summed E-state index contributed by atoms with van der Waals surface area (Å²) in [6.07, 6.45) is 0. The van der Waals surface area contributed by atoms with Gasteiger partial charge in [-0.15, -0.1) is 0 Å². The summed E-state index contributed by atoms with van der Waals surface area (Å²) >= 11 is 0. The highest BCUT2D eigenvalue weighted by molar-refractivity contribution is 7.22. The first kappa shape index (κ1) is 46.9. The maximum Gasteiger partial charge on any atom is 0.180 e. The molecule has 374 valence electrons. The van der Waals surface area contributed by atoms with Gasteiger partial charge in [0.05, 0.1) is 11.0 Å². The molecule has 14 aromatic rings. The van der Waals surface area contributed by atoms with E-state index in [1.807, 2.05) is 12.1 Å². The van der Waals surface area contributed by atoms with Crippen molar-refractivity contribution in [1.29, 1.82) is 0 Å². The van der Waals surface area contributed by atoms with Gasteiger partial charge in [-0.25, -0.2) is 15.0 Å². The minimum absolute atomic E-state index is 0.622. The summed E-state index contributed by atoms with van der Waals surface area (Å²) in [7, 11) is -3.05. The van der Waals surface area contributed by atoms with Crippen LogP contribution in [0.5, 0.6) is 0 Å². The third-order valence-electron chi connectivity index (χ3n) is 16.2. The number of rotatable bonds is 10. The van der Waals surface area contributed by atoms with Gasteiger partial charge in [0.25, 0.3) is 0 Å². The molecule has 0 fully saturated rings. The van der Waals surface area contributed by atoms with E-state index in [4.69, 9.17) is 15.0 Å².